The molecule has 0 saturated heterocycles. The monoisotopic (exact) mass is 327 g/mol. The molecule has 1 atom stereocenters. The van der Waals surface area contributed by atoms with Gasteiger partial charge in [0.2, 0.25) is 0 Å². The zero-order chi connectivity index (χ0) is 15.7. The maximum Gasteiger partial charge on any atom is 0.153 e. The van der Waals surface area contributed by atoms with Crippen molar-refractivity contribution in [2.24, 2.45) is 5.92 Å². The van der Waals surface area contributed by atoms with Crippen LogP contribution < -0.4 is 17.3 Å². The number of hydrogen-bond donors (Lipinski definition) is 4. The smallest absolute Gasteiger partial charge is 0.153 e. The third-order valence-corrected chi connectivity index (χ3v) is 3.60. The van der Waals surface area contributed by atoms with E-state index in [1.165, 1.54) is 0 Å². The summed E-state index contributed by atoms with van der Waals surface area (Å²) in [5, 5.41) is 28.8. The van der Waals surface area contributed by atoms with Gasteiger partial charge in [0.1, 0.15) is 19.6 Å². The highest BCUT2D eigenvalue weighted by atomic mass is 35.5. The van der Waals surface area contributed by atoms with Gasteiger partial charge in [0, 0.05) is 0 Å². The highest BCUT2D eigenvalue weighted by Crippen LogP contribution is 2.28. The zero-order valence-corrected chi connectivity index (χ0v) is 14.0. The number of halogens is 1. The molecule has 22 heavy (non-hydrogen) atoms. The van der Waals surface area contributed by atoms with Gasteiger partial charge in [0.15, 0.2) is 5.60 Å². The number of nitrogens with one attached hydrogen (secondary N) is 1. The maximum absolute atomic E-state index is 10.9. The molecule has 0 bridgehead atoms. The molecule has 1 rings (SSSR count). The van der Waals surface area contributed by atoms with Gasteiger partial charge in [-0.3, -0.25) is 0 Å². The first-order valence-corrected chi connectivity index (χ1v) is 7.37. The number of aliphatic hydroxyl groups is 3. The Morgan fingerprint density at radius 2 is 1.64 bits per heavy atom. The molecule has 1 aromatic carbocycles. The molecule has 4 nitrogen and oxygen atoms in total. The first-order valence-electron chi connectivity index (χ1n) is 7.37. The molecule has 1 unspecified atom stereocenters. The van der Waals surface area contributed by atoms with Gasteiger partial charge in [-0.15, -0.1) is 0 Å². The second-order valence-corrected chi connectivity index (χ2v) is 5.46. The minimum atomic E-state index is -1.18. The van der Waals surface area contributed by atoms with Crippen LogP contribution in [0.3, 0.4) is 0 Å². The van der Waals surface area contributed by atoms with E-state index in [9.17, 15) is 5.11 Å². The molecule has 4 N–H and O–H groups in total. The van der Waals surface area contributed by atoms with Crippen molar-refractivity contribution < 1.29 is 32.6 Å². The lowest BCUT2D eigenvalue weighted by Gasteiger charge is -2.27. The van der Waals surface area contributed by atoms with E-state index in [2.05, 4.69) is 11.8 Å². The summed E-state index contributed by atoms with van der Waals surface area (Å²) in [4.78, 5) is 1.01. The summed E-state index contributed by atoms with van der Waals surface area (Å²) in [5.41, 5.74) is -0.386. The molecule has 0 amide bonds. The summed E-state index contributed by atoms with van der Waals surface area (Å²) in [5.74, 6) is 5.96. The molecule has 1 aromatic rings. The van der Waals surface area contributed by atoms with E-state index in [-0.39, 0.29) is 31.5 Å². The zero-order valence-electron chi connectivity index (χ0n) is 13.2. The van der Waals surface area contributed by atoms with E-state index in [4.69, 9.17) is 10.2 Å². The highest BCUT2D eigenvalue weighted by molar-refractivity contribution is 5.32. The molecular weight excluding hydrogens is 302 g/mol. The van der Waals surface area contributed by atoms with Crippen molar-refractivity contribution in [2.45, 2.75) is 19.4 Å². The Balaban J connectivity index is 0.00000441. The summed E-state index contributed by atoms with van der Waals surface area (Å²) in [6.45, 7) is 5.57. The van der Waals surface area contributed by atoms with Gasteiger partial charge >= 0.3 is 0 Å². The van der Waals surface area contributed by atoms with E-state index in [0.29, 0.717) is 19.6 Å². The second-order valence-electron chi connectivity index (χ2n) is 5.46. The van der Waals surface area contributed by atoms with Gasteiger partial charge in [0.05, 0.1) is 13.2 Å². The number of quaternary nitrogens is 1. The lowest BCUT2D eigenvalue weighted by molar-refractivity contribution is -0.893. The van der Waals surface area contributed by atoms with Crippen LogP contribution in [0.4, 0.5) is 0 Å². The van der Waals surface area contributed by atoms with Gasteiger partial charge in [0.25, 0.3) is 0 Å². The topological polar surface area (TPSA) is 65.1 Å². The second kappa shape index (κ2) is 10.6. The van der Waals surface area contributed by atoms with E-state index in [1.54, 1.807) is 0 Å². The molecule has 0 aliphatic heterocycles. The van der Waals surface area contributed by atoms with Crippen LogP contribution in [0.15, 0.2) is 30.3 Å². The van der Waals surface area contributed by atoms with Gasteiger partial charge in [-0.05, 0) is 17.4 Å². The van der Waals surface area contributed by atoms with Crippen molar-refractivity contribution in [1.29, 1.82) is 0 Å². The summed E-state index contributed by atoms with van der Waals surface area (Å²) in [6.07, 6.45) is 0. The molecule has 0 spiro atoms. The number of rotatable bonds is 7. The summed E-state index contributed by atoms with van der Waals surface area (Å²) >= 11 is 0. The molecule has 0 aromatic heterocycles. The maximum atomic E-state index is 10.9. The standard InChI is InChI=1S/C17H25NO3.ClH/c1-15(2)17(21,16-7-4-3-5-8-16)9-6-10-18(11-13-19)12-14-20;/h3-5,7-8,15,19-21H,10-14H2,1-2H3;1H. The molecule has 0 radical (unpaired) electrons. The molecular formula is C17H26ClNO3. The SMILES string of the molecule is CC(C)C(O)(C#CC[NH+](CCO)CCO)c1ccccc1.[Cl-]. The van der Waals surface area contributed by atoms with Crippen LogP contribution in [0.2, 0.25) is 0 Å². The van der Waals surface area contributed by atoms with Crippen LogP contribution in [0.1, 0.15) is 19.4 Å². The van der Waals surface area contributed by atoms with Crippen LogP contribution in [0.25, 0.3) is 0 Å². The van der Waals surface area contributed by atoms with Gasteiger partial charge < -0.3 is 32.6 Å². The van der Waals surface area contributed by atoms with Crippen LogP contribution >= 0.6 is 0 Å². The molecule has 5 heteroatoms. The third-order valence-electron chi connectivity index (χ3n) is 3.60. The average molecular weight is 328 g/mol. The quantitative estimate of drug-likeness (QED) is 0.392. The predicted octanol–water partition coefficient (Wildman–Crippen LogP) is -3.59. The molecule has 124 valence electrons. The normalized spacial score (nSPS) is 13.2. The van der Waals surface area contributed by atoms with Crippen molar-refractivity contribution in [1.82, 2.24) is 0 Å². The lowest BCUT2D eigenvalue weighted by Crippen LogP contribution is -3.12. The lowest BCUT2D eigenvalue weighted by atomic mass is 9.84. The van der Waals surface area contributed by atoms with E-state index < -0.39 is 5.60 Å². The predicted molar refractivity (Wildman–Crippen MR) is 82.7 cm³/mol. The van der Waals surface area contributed by atoms with Crippen LogP contribution in [-0.2, 0) is 5.60 Å². The van der Waals surface area contributed by atoms with E-state index in [0.717, 1.165) is 10.5 Å². The highest BCUT2D eigenvalue weighted by Gasteiger charge is 2.30. The largest absolute Gasteiger partial charge is 1.00 e. The Morgan fingerprint density at radius 3 is 2.09 bits per heavy atom. The number of benzene rings is 1. The van der Waals surface area contributed by atoms with E-state index >= 15 is 0 Å². The van der Waals surface area contributed by atoms with Crippen LogP contribution in [-0.4, -0.2) is 48.2 Å². The van der Waals surface area contributed by atoms with Crippen molar-refractivity contribution in [3.05, 3.63) is 35.9 Å². The Hall–Kier alpha value is -1.09. The molecule has 0 aliphatic rings. The Bertz CT molecular complexity index is 464. The summed E-state index contributed by atoms with van der Waals surface area (Å²) < 4.78 is 0. The molecule has 0 heterocycles. The number of aliphatic hydroxyl groups excluding tert-OH is 2. The van der Waals surface area contributed by atoms with Crippen LogP contribution in [0, 0.1) is 17.8 Å². The van der Waals surface area contributed by atoms with Crippen molar-refractivity contribution >= 4 is 0 Å². The molecule has 0 aliphatic carbocycles. The average Bonchev–Trinajstić information content (AvgIpc) is 2.48. The third kappa shape index (κ3) is 5.96. The number of hydrogen-bond acceptors (Lipinski definition) is 3. The van der Waals surface area contributed by atoms with Gasteiger partial charge in [-0.1, -0.05) is 50.1 Å². The fraction of sp³-hybridized carbons (Fsp3) is 0.529. The first kappa shape index (κ1) is 20.9. The first-order chi connectivity index (χ1) is 10.0. The van der Waals surface area contributed by atoms with E-state index in [1.807, 2.05) is 44.2 Å². The summed E-state index contributed by atoms with van der Waals surface area (Å²) in [6, 6.07) is 9.44. The van der Waals surface area contributed by atoms with Crippen molar-refractivity contribution in [3.63, 3.8) is 0 Å². The van der Waals surface area contributed by atoms with Crippen molar-refractivity contribution in [2.75, 3.05) is 32.8 Å². The Kier molecular flexibility index (Phi) is 10.1. The Morgan fingerprint density at radius 1 is 1.09 bits per heavy atom. The minimum absolute atomic E-state index is 0. The van der Waals surface area contributed by atoms with Crippen molar-refractivity contribution in [3.8, 4) is 11.8 Å². The summed E-state index contributed by atoms with van der Waals surface area (Å²) in [7, 11) is 0. The fourth-order valence-corrected chi connectivity index (χ4v) is 2.16. The molecule has 0 saturated carbocycles. The van der Waals surface area contributed by atoms with Gasteiger partial charge in [-0.25, -0.2) is 0 Å². The molecule has 0 fully saturated rings. The minimum Gasteiger partial charge on any atom is -1.00 e. The van der Waals surface area contributed by atoms with Crippen LogP contribution in [0.5, 0.6) is 0 Å². The van der Waals surface area contributed by atoms with Gasteiger partial charge in [-0.2, -0.15) is 0 Å². The fourth-order valence-electron chi connectivity index (χ4n) is 2.16. The Labute approximate surface area is 139 Å².